The first-order chi connectivity index (χ1) is 10.0. The van der Waals surface area contributed by atoms with Gasteiger partial charge >= 0.3 is 0 Å². The van der Waals surface area contributed by atoms with E-state index in [2.05, 4.69) is 5.32 Å². The molecule has 2 aromatic carbocycles. The molecule has 2 aromatic rings. The van der Waals surface area contributed by atoms with Crippen LogP contribution >= 0.6 is 0 Å². The van der Waals surface area contributed by atoms with Gasteiger partial charge in [-0.3, -0.25) is 0 Å². The van der Waals surface area contributed by atoms with Gasteiger partial charge in [-0.25, -0.2) is 8.78 Å². The molecule has 1 atom stereocenters. The highest BCUT2D eigenvalue weighted by Crippen LogP contribution is 2.31. The number of hydrogen-bond acceptors (Lipinski definition) is 2. The van der Waals surface area contributed by atoms with Crippen LogP contribution in [-0.4, -0.2) is 13.6 Å². The smallest absolute Gasteiger partial charge is 0.123 e. The molecular weight excluding hydrogens is 270 g/mol. The van der Waals surface area contributed by atoms with Gasteiger partial charge in [-0.1, -0.05) is 6.92 Å². The summed E-state index contributed by atoms with van der Waals surface area (Å²) in [7, 11) is 1.89. The normalized spacial score (nSPS) is 12.2. The Morgan fingerprint density at radius 1 is 1.05 bits per heavy atom. The van der Waals surface area contributed by atoms with E-state index in [1.807, 2.05) is 25.8 Å². The largest absolute Gasteiger partial charge is 0.344 e. The van der Waals surface area contributed by atoms with E-state index in [1.165, 1.54) is 18.2 Å². The molecule has 0 amide bonds. The van der Waals surface area contributed by atoms with E-state index in [1.54, 1.807) is 24.3 Å². The molecule has 0 spiro atoms. The molecule has 0 radical (unpaired) electrons. The van der Waals surface area contributed by atoms with Gasteiger partial charge in [0.2, 0.25) is 0 Å². The van der Waals surface area contributed by atoms with Crippen molar-refractivity contribution in [2.45, 2.75) is 19.9 Å². The van der Waals surface area contributed by atoms with Gasteiger partial charge in [-0.05, 0) is 61.5 Å². The second-order valence-electron chi connectivity index (χ2n) is 5.02. The van der Waals surface area contributed by atoms with Gasteiger partial charge in [0.15, 0.2) is 0 Å². The highest BCUT2D eigenvalue weighted by molar-refractivity contribution is 5.66. The van der Waals surface area contributed by atoms with E-state index < -0.39 is 0 Å². The third-order valence-corrected chi connectivity index (χ3v) is 3.54. The Morgan fingerprint density at radius 3 is 2.29 bits per heavy atom. The Balaban J connectivity index is 2.40. The van der Waals surface area contributed by atoms with Gasteiger partial charge in [-0.15, -0.1) is 0 Å². The van der Waals surface area contributed by atoms with Crippen LogP contribution in [-0.2, 0) is 0 Å². The highest BCUT2D eigenvalue weighted by atomic mass is 19.1. The van der Waals surface area contributed by atoms with Gasteiger partial charge in [0, 0.05) is 24.5 Å². The molecule has 112 valence electrons. The van der Waals surface area contributed by atoms with Crippen LogP contribution < -0.4 is 10.2 Å². The lowest BCUT2D eigenvalue weighted by atomic mass is 10.0. The predicted octanol–water partition coefficient (Wildman–Crippen LogP) is 4.40. The van der Waals surface area contributed by atoms with E-state index in [4.69, 9.17) is 0 Å². The molecule has 0 fully saturated rings. The first kappa shape index (κ1) is 15.4. The summed E-state index contributed by atoms with van der Waals surface area (Å²) in [6, 6.07) is 11.0. The molecule has 21 heavy (non-hydrogen) atoms. The summed E-state index contributed by atoms with van der Waals surface area (Å²) in [6.07, 6.45) is 0. The van der Waals surface area contributed by atoms with Crippen LogP contribution in [0.1, 0.15) is 25.5 Å². The lowest BCUT2D eigenvalue weighted by Crippen LogP contribution is -2.21. The summed E-state index contributed by atoms with van der Waals surface area (Å²) in [5.41, 5.74) is 2.63. The molecule has 4 heteroatoms. The standard InChI is InChI=1S/C17H20F2N2/c1-4-20-12(2)16-11-14(19)7-10-17(16)21(3)15-8-5-13(18)6-9-15/h5-12,20H,4H2,1-3H3. The van der Waals surface area contributed by atoms with Gasteiger partial charge in [0.05, 0.1) is 0 Å². The van der Waals surface area contributed by atoms with E-state index >= 15 is 0 Å². The topological polar surface area (TPSA) is 15.3 Å². The van der Waals surface area contributed by atoms with Crippen LogP contribution in [0.5, 0.6) is 0 Å². The maximum atomic E-state index is 13.6. The number of anilines is 2. The predicted molar refractivity (Wildman–Crippen MR) is 83.0 cm³/mol. The fraction of sp³-hybridized carbons (Fsp3) is 0.294. The van der Waals surface area contributed by atoms with Crippen LogP contribution in [0.3, 0.4) is 0 Å². The molecule has 0 aliphatic rings. The third-order valence-electron chi connectivity index (χ3n) is 3.54. The van der Waals surface area contributed by atoms with Gasteiger partial charge in [0.25, 0.3) is 0 Å². The average Bonchev–Trinajstić information content (AvgIpc) is 2.47. The van der Waals surface area contributed by atoms with Gasteiger partial charge < -0.3 is 10.2 Å². The van der Waals surface area contributed by atoms with Crippen molar-refractivity contribution in [1.29, 1.82) is 0 Å². The van der Waals surface area contributed by atoms with Crippen LogP contribution in [0.2, 0.25) is 0 Å². The second-order valence-corrected chi connectivity index (χ2v) is 5.02. The van der Waals surface area contributed by atoms with Crippen LogP contribution in [0.15, 0.2) is 42.5 Å². The van der Waals surface area contributed by atoms with E-state index in [9.17, 15) is 8.78 Å². The summed E-state index contributed by atoms with van der Waals surface area (Å²) in [4.78, 5) is 1.93. The van der Waals surface area contributed by atoms with Crippen molar-refractivity contribution < 1.29 is 8.78 Å². The molecule has 0 aliphatic carbocycles. The molecule has 1 unspecified atom stereocenters. The van der Waals surface area contributed by atoms with E-state index in [0.29, 0.717) is 0 Å². The molecule has 2 nitrogen and oxygen atoms in total. The number of nitrogens with one attached hydrogen (secondary N) is 1. The maximum Gasteiger partial charge on any atom is 0.123 e. The third kappa shape index (κ3) is 3.58. The van der Waals surface area contributed by atoms with Gasteiger partial charge in [-0.2, -0.15) is 0 Å². The minimum absolute atomic E-state index is 0.0311. The van der Waals surface area contributed by atoms with Crippen LogP contribution in [0, 0.1) is 11.6 Å². The summed E-state index contributed by atoms with van der Waals surface area (Å²) < 4.78 is 26.6. The Labute approximate surface area is 124 Å². The molecule has 0 heterocycles. The summed E-state index contributed by atoms with van der Waals surface area (Å²) in [6.45, 7) is 4.82. The van der Waals surface area contributed by atoms with Crippen molar-refractivity contribution in [2.24, 2.45) is 0 Å². The van der Waals surface area contributed by atoms with Crippen molar-refractivity contribution >= 4 is 11.4 Å². The zero-order valence-corrected chi connectivity index (χ0v) is 12.5. The first-order valence-electron chi connectivity index (χ1n) is 7.05. The molecular formula is C17H20F2N2. The Bertz CT molecular complexity index is 596. The lowest BCUT2D eigenvalue weighted by molar-refractivity contribution is 0.583. The minimum atomic E-state index is -0.271. The monoisotopic (exact) mass is 290 g/mol. The number of halogens is 2. The zero-order chi connectivity index (χ0) is 15.4. The van der Waals surface area contributed by atoms with Crippen molar-refractivity contribution in [3.8, 4) is 0 Å². The minimum Gasteiger partial charge on any atom is -0.344 e. The van der Waals surface area contributed by atoms with Crippen molar-refractivity contribution in [1.82, 2.24) is 5.32 Å². The molecule has 0 saturated carbocycles. The number of hydrogen-bond donors (Lipinski definition) is 1. The zero-order valence-electron chi connectivity index (χ0n) is 12.5. The molecule has 0 aliphatic heterocycles. The van der Waals surface area contributed by atoms with Crippen molar-refractivity contribution in [2.75, 3.05) is 18.5 Å². The quantitative estimate of drug-likeness (QED) is 0.878. The molecule has 0 aromatic heterocycles. The van der Waals surface area contributed by atoms with Crippen LogP contribution in [0.25, 0.3) is 0 Å². The van der Waals surface area contributed by atoms with Crippen LogP contribution in [0.4, 0.5) is 20.2 Å². The van der Waals surface area contributed by atoms with Crippen molar-refractivity contribution in [3.63, 3.8) is 0 Å². The summed E-state index contributed by atoms with van der Waals surface area (Å²) in [5.74, 6) is -0.529. The number of nitrogens with zero attached hydrogens (tertiary/aromatic N) is 1. The first-order valence-corrected chi connectivity index (χ1v) is 7.05. The molecule has 1 N–H and O–H groups in total. The summed E-state index contributed by atoms with van der Waals surface area (Å²) >= 11 is 0. The molecule has 0 saturated heterocycles. The van der Waals surface area contributed by atoms with E-state index in [0.717, 1.165) is 23.5 Å². The van der Waals surface area contributed by atoms with Crippen molar-refractivity contribution in [3.05, 3.63) is 59.7 Å². The number of rotatable bonds is 5. The lowest BCUT2D eigenvalue weighted by Gasteiger charge is -2.25. The fourth-order valence-electron chi connectivity index (χ4n) is 2.40. The SMILES string of the molecule is CCNC(C)c1cc(F)ccc1N(C)c1ccc(F)cc1. The summed E-state index contributed by atoms with van der Waals surface area (Å²) in [5, 5.41) is 3.29. The Kier molecular flexibility index (Phi) is 4.91. The van der Waals surface area contributed by atoms with E-state index in [-0.39, 0.29) is 17.7 Å². The van der Waals surface area contributed by atoms with Gasteiger partial charge in [0.1, 0.15) is 11.6 Å². The maximum absolute atomic E-state index is 13.6. The molecule has 2 rings (SSSR count). The number of benzene rings is 2. The fourth-order valence-corrected chi connectivity index (χ4v) is 2.40. The Morgan fingerprint density at radius 2 is 1.67 bits per heavy atom. The Hall–Kier alpha value is -1.94. The average molecular weight is 290 g/mol. The second kappa shape index (κ2) is 6.68. The molecule has 0 bridgehead atoms. The highest BCUT2D eigenvalue weighted by Gasteiger charge is 2.15.